The third-order valence-electron chi connectivity index (χ3n) is 2.98. The molecule has 4 nitrogen and oxygen atoms in total. The van der Waals surface area contributed by atoms with E-state index in [9.17, 15) is 4.79 Å². The molecule has 21 heavy (non-hydrogen) atoms. The summed E-state index contributed by atoms with van der Waals surface area (Å²) >= 11 is 11.9. The lowest BCUT2D eigenvalue weighted by molar-refractivity contribution is 0.0992. The van der Waals surface area contributed by atoms with Crippen LogP contribution in [0, 0.1) is 0 Å². The fourth-order valence-corrected chi connectivity index (χ4v) is 2.23. The lowest BCUT2D eigenvalue weighted by atomic mass is 10.0. The Labute approximate surface area is 132 Å². The summed E-state index contributed by atoms with van der Waals surface area (Å²) < 4.78 is 10.3. The van der Waals surface area contributed by atoms with E-state index in [4.69, 9.17) is 32.7 Å². The van der Waals surface area contributed by atoms with Crippen LogP contribution in [0.15, 0.2) is 30.5 Å². The number of ketones is 1. The number of aromatic nitrogens is 1. The largest absolute Gasteiger partial charge is 0.493 e. The minimum Gasteiger partial charge on any atom is -0.493 e. The molecule has 0 saturated carbocycles. The molecule has 0 amide bonds. The van der Waals surface area contributed by atoms with E-state index in [0.29, 0.717) is 27.6 Å². The quantitative estimate of drug-likeness (QED) is 0.619. The van der Waals surface area contributed by atoms with Crippen molar-refractivity contribution in [3.8, 4) is 11.5 Å². The average molecular weight is 326 g/mol. The zero-order valence-corrected chi connectivity index (χ0v) is 13.0. The second-order valence-electron chi connectivity index (χ2n) is 4.24. The van der Waals surface area contributed by atoms with Gasteiger partial charge in [-0.2, -0.15) is 0 Å². The van der Waals surface area contributed by atoms with Gasteiger partial charge in [0, 0.05) is 18.2 Å². The van der Waals surface area contributed by atoms with Crippen molar-refractivity contribution in [3.63, 3.8) is 0 Å². The molecule has 2 rings (SSSR count). The van der Waals surface area contributed by atoms with Gasteiger partial charge in [-0.1, -0.05) is 23.2 Å². The maximum Gasteiger partial charge on any atom is 0.167 e. The molecule has 0 aliphatic heterocycles. The van der Waals surface area contributed by atoms with Gasteiger partial charge in [0.05, 0.1) is 19.2 Å². The first-order valence-electron chi connectivity index (χ1n) is 6.11. The molecule has 6 heteroatoms. The van der Waals surface area contributed by atoms with Gasteiger partial charge in [0.25, 0.3) is 0 Å². The molecule has 0 bridgehead atoms. The summed E-state index contributed by atoms with van der Waals surface area (Å²) in [6.45, 7) is 0. The van der Waals surface area contributed by atoms with Crippen LogP contribution in [-0.4, -0.2) is 25.0 Å². The fourth-order valence-electron chi connectivity index (χ4n) is 1.88. The topological polar surface area (TPSA) is 48.4 Å². The first kappa shape index (κ1) is 15.6. The number of carbonyl (C=O) groups is 1. The van der Waals surface area contributed by atoms with Crippen molar-refractivity contribution in [3.05, 3.63) is 51.8 Å². The van der Waals surface area contributed by atoms with Crippen molar-refractivity contribution < 1.29 is 14.3 Å². The predicted octanol–water partition coefficient (Wildman–Crippen LogP) is 3.83. The number of carbonyl (C=O) groups excluding carboxylic acids is 1. The monoisotopic (exact) mass is 325 g/mol. The Morgan fingerprint density at radius 3 is 2.52 bits per heavy atom. The lowest BCUT2D eigenvalue weighted by Crippen LogP contribution is -2.05. The number of halogens is 2. The first-order chi connectivity index (χ1) is 10.1. The van der Waals surface area contributed by atoms with E-state index < -0.39 is 0 Å². The van der Waals surface area contributed by atoms with E-state index in [-0.39, 0.29) is 17.4 Å². The molecule has 0 aliphatic carbocycles. The maximum atomic E-state index is 12.3. The van der Waals surface area contributed by atoms with Gasteiger partial charge in [-0.25, -0.2) is 4.98 Å². The van der Waals surface area contributed by atoms with Gasteiger partial charge in [-0.15, -0.1) is 0 Å². The van der Waals surface area contributed by atoms with Crippen LogP contribution in [0.3, 0.4) is 0 Å². The number of Topliss-reactive ketones (excluding diaryl/α,β-unsaturated/α-hetero) is 1. The van der Waals surface area contributed by atoms with Crippen LogP contribution < -0.4 is 9.47 Å². The molecule has 2 aromatic rings. The van der Waals surface area contributed by atoms with Gasteiger partial charge in [-0.3, -0.25) is 4.79 Å². The number of methoxy groups -OCH3 is 2. The Balaban J connectivity index is 2.26. The molecular weight excluding hydrogens is 313 g/mol. The summed E-state index contributed by atoms with van der Waals surface area (Å²) in [5.41, 5.74) is 1.15. The van der Waals surface area contributed by atoms with Crippen LogP contribution in [0.25, 0.3) is 0 Å². The van der Waals surface area contributed by atoms with E-state index in [2.05, 4.69) is 4.98 Å². The van der Waals surface area contributed by atoms with Gasteiger partial charge in [0.2, 0.25) is 0 Å². The molecular formula is C15H13Cl2NO3. The third kappa shape index (κ3) is 3.46. The Bertz CT molecular complexity index is 674. The standard InChI is InChI=1S/C15H13Cl2NO3/c1-20-12-4-3-9(8-13(12)21-2)11(19)7-10-5-6-18-15(17)14(10)16/h3-6,8H,7H2,1-2H3. The minimum absolute atomic E-state index is 0.0971. The van der Waals surface area contributed by atoms with Gasteiger partial charge in [0.1, 0.15) is 5.15 Å². The van der Waals surface area contributed by atoms with E-state index in [1.807, 2.05) is 0 Å². The molecule has 0 spiro atoms. The third-order valence-corrected chi connectivity index (χ3v) is 3.79. The molecule has 0 radical (unpaired) electrons. The molecule has 1 heterocycles. The highest BCUT2D eigenvalue weighted by atomic mass is 35.5. The number of nitrogens with zero attached hydrogens (tertiary/aromatic N) is 1. The molecule has 0 saturated heterocycles. The van der Waals surface area contributed by atoms with Gasteiger partial charge in [-0.05, 0) is 29.8 Å². The summed E-state index contributed by atoms with van der Waals surface area (Å²) in [4.78, 5) is 16.2. The highest BCUT2D eigenvalue weighted by Crippen LogP contribution is 2.29. The molecule has 1 aromatic heterocycles. The molecule has 0 N–H and O–H groups in total. The molecule has 110 valence electrons. The number of hydrogen-bond acceptors (Lipinski definition) is 4. The molecule has 0 aliphatic rings. The van der Waals surface area contributed by atoms with E-state index in [1.54, 1.807) is 24.3 Å². The van der Waals surface area contributed by atoms with Crippen LogP contribution >= 0.6 is 23.2 Å². The highest BCUT2D eigenvalue weighted by Gasteiger charge is 2.14. The Hall–Kier alpha value is -1.78. The van der Waals surface area contributed by atoms with Crippen LogP contribution in [0.1, 0.15) is 15.9 Å². The van der Waals surface area contributed by atoms with Crippen LogP contribution in [0.5, 0.6) is 11.5 Å². The van der Waals surface area contributed by atoms with Crippen molar-refractivity contribution in [2.45, 2.75) is 6.42 Å². The zero-order chi connectivity index (χ0) is 15.4. The van der Waals surface area contributed by atoms with E-state index >= 15 is 0 Å². The van der Waals surface area contributed by atoms with Crippen LogP contribution in [-0.2, 0) is 6.42 Å². The molecule has 1 aromatic carbocycles. The van der Waals surface area contributed by atoms with Crippen molar-refractivity contribution in [2.75, 3.05) is 14.2 Å². The summed E-state index contributed by atoms with van der Waals surface area (Å²) in [5, 5.41) is 0.488. The minimum atomic E-state index is -0.0971. The lowest BCUT2D eigenvalue weighted by Gasteiger charge is -2.09. The number of hydrogen-bond donors (Lipinski definition) is 0. The maximum absolute atomic E-state index is 12.3. The van der Waals surface area contributed by atoms with Crippen molar-refractivity contribution in [1.82, 2.24) is 4.98 Å². The SMILES string of the molecule is COc1ccc(C(=O)Cc2ccnc(Cl)c2Cl)cc1OC. The summed E-state index contributed by atoms with van der Waals surface area (Å²) in [7, 11) is 3.06. The highest BCUT2D eigenvalue weighted by molar-refractivity contribution is 6.41. The average Bonchev–Trinajstić information content (AvgIpc) is 2.51. The number of rotatable bonds is 5. The fraction of sp³-hybridized carbons (Fsp3) is 0.200. The van der Waals surface area contributed by atoms with Gasteiger partial charge < -0.3 is 9.47 Å². The molecule has 0 unspecified atom stereocenters. The van der Waals surface area contributed by atoms with E-state index in [1.165, 1.54) is 20.4 Å². The van der Waals surface area contributed by atoms with Crippen molar-refractivity contribution >= 4 is 29.0 Å². The van der Waals surface area contributed by atoms with Crippen LogP contribution in [0.4, 0.5) is 0 Å². The molecule has 0 atom stereocenters. The summed E-state index contributed by atoms with van der Waals surface area (Å²) in [6, 6.07) is 6.68. The van der Waals surface area contributed by atoms with Gasteiger partial charge in [0.15, 0.2) is 17.3 Å². The Kier molecular flexibility index (Phi) is 5.04. The van der Waals surface area contributed by atoms with Crippen molar-refractivity contribution in [1.29, 1.82) is 0 Å². The number of pyridine rings is 1. The van der Waals surface area contributed by atoms with E-state index in [0.717, 1.165) is 0 Å². The Morgan fingerprint density at radius 2 is 1.86 bits per heavy atom. The Morgan fingerprint density at radius 1 is 1.14 bits per heavy atom. The zero-order valence-electron chi connectivity index (χ0n) is 11.5. The van der Waals surface area contributed by atoms with Crippen LogP contribution in [0.2, 0.25) is 10.2 Å². The predicted molar refractivity (Wildman–Crippen MR) is 81.8 cm³/mol. The summed E-state index contributed by atoms with van der Waals surface area (Å²) in [5.74, 6) is 0.973. The second-order valence-corrected chi connectivity index (χ2v) is 4.98. The number of benzene rings is 1. The summed E-state index contributed by atoms with van der Waals surface area (Å²) in [6.07, 6.45) is 1.65. The van der Waals surface area contributed by atoms with Gasteiger partial charge >= 0.3 is 0 Å². The van der Waals surface area contributed by atoms with Crippen molar-refractivity contribution in [2.24, 2.45) is 0 Å². The number of ether oxygens (including phenoxy) is 2. The first-order valence-corrected chi connectivity index (χ1v) is 6.86. The molecule has 0 fully saturated rings. The normalized spacial score (nSPS) is 10.3. The smallest absolute Gasteiger partial charge is 0.167 e. The second kappa shape index (κ2) is 6.78.